The summed E-state index contributed by atoms with van der Waals surface area (Å²) in [5, 5.41) is 4.09. The summed E-state index contributed by atoms with van der Waals surface area (Å²) in [7, 11) is 0. The molecule has 1 heterocycles. The number of benzene rings is 1. The van der Waals surface area contributed by atoms with Gasteiger partial charge in [-0.25, -0.2) is 4.39 Å². The summed E-state index contributed by atoms with van der Waals surface area (Å²) in [5.74, 6) is -0.114. The maximum Gasteiger partial charge on any atom is 0.220 e. The molecule has 0 aliphatic heterocycles. The van der Waals surface area contributed by atoms with E-state index in [0.29, 0.717) is 13.0 Å². The molecule has 106 valence electrons. The van der Waals surface area contributed by atoms with Gasteiger partial charge < -0.3 is 10.3 Å². The topological polar surface area (TPSA) is 44.9 Å². The number of fused-ring (bicyclic) bond motifs is 1. The average Bonchev–Trinajstić information content (AvgIpc) is 3.10. The van der Waals surface area contributed by atoms with Gasteiger partial charge in [0.1, 0.15) is 5.82 Å². The van der Waals surface area contributed by atoms with E-state index in [9.17, 15) is 9.18 Å². The zero-order valence-electron chi connectivity index (χ0n) is 11.6. The van der Waals surface area contributed by atoms with E-state index in [4.69, 9.17) is 0 Å². The molecule has 0 atom stereocenters. The number of H-pyrrole nitrogens is 1. The second kappa shape index (κ2) is 4.93. The number of nitrogens with one attached hydrogen (secondary N) is 2. The van der Waals surface area contributed by atoms with Crippen LogP contribution in [-0.2, 0) is 10.2 Å². The molecule has 2 aromatic rings. The van der Waals surface area contributed by atoms with Crippen LogP contribution in [0.4, 0.5) is 4.39 Å². The number of carbonyl (C=O) groups is 1. The molecule has 1 aliphatic carbocycles. The van der Waals surface area contributed by atoms with Gasteiger partial charge in [0.15, 0.2) is 0 Å². The van der Waals surface area contributed by atoms with Crippen molar-refractivity contribution in [1.82, 2.24) is 10.3 Å². The molecular weight excluding hydrogens is 255 g/mol. The van der Waals surface area contributed by atoms with E-state index in [2.05, 4.69) is 10.3 Å². The highest BCUT2D eigenvalue weighted by molar-refractivity contribution is 5.85. The van der Waals surface area contributed by atoms with E-state index in [0.717, 1.165) is 30.2 Å². The van der Waals surface area contributed by atoms with Crippen LogP contribution in [0.3, 0.4) is 0 Å². The molecule has 1 aromatic carbocycles. The van der Waals surface area contributed by atoms with Crippen molar-refractivity contribution >= 4 is 16.8 Å². The van der Waals surface area contributed by atoms with Crippen LogP contribution < -0.4 is 5.32 Å². The standard InChI is InChI=1S/C16H19FN2O/c1-2-3-15(20)19-10-16(6-7-16)13-9-18-14-8-11(17)4-5-12(13)14/h4-5,8-9,18H,2-3,6-7,10H2,1H3,(H,19,20). The monoisotopic (exact) mass is 274 g/mol. The summed E-state index contributed by atoms with van der Waals surface area (Å²) in [5.41, 5.74) is 2.06. The largest absolute Gasteiger partial charge is 0.361 e. The number of rotatable bonds is 5. The number of hydrogen-bond acceptors (Lipinski definition) is 1. The molecule has 0 radical (unpaired) electrons. The SMILES string of the molecule is CCCC(=O)NCC1(c2c[nH]c3cc(F)ccc23)CC1. The maximum absolute atomic E-state index is 13.2. The Labute approximate surface area is 117 Å². The molecule has 1 amide bonds. The molecule has 1 aromatic heterocycles. The van der Waals surface area contributed by atoms with Gasteiger partial charge in [-0.3, -0.25) is 4.79 Å². The van der Waals surface area contributed by atoms with Crippen molar-refractivity contribution in [2.45, 2.75) is 38.0 Å². The summed E-state index contributed by atoms with van der Waals surface area (Å²) in [6.45, 7) is 2.68. The minimum Gasteiger partial charge on any atom is -0.361 e. The van der Waals surface area contributed by atoms with E-state index in [1.807, 2.05) is 19.2 Å². The normalized spacial score (nSPS) is 16.3. The lowest BCUT2D eigenvalue weighted by atomic mass is 9.95. The number of carbonyl (C=O) groups excluding carboxylic acids is 1. The molecule has 3 nitrogen and oxygen atoms in total. The third-order valence-electron chi connectivity index (χ3n) is 4.17. The quantitative estimate of drug-likeness (QED) is 0.863. The highest BCUT2D eigenvalue weighted by Crippen LogP contribution is 2.49. The number of aromatic nitrogens is 1. The van der Waals surface area contributed by atoms with Crippen LogP contribution in [0.2, 0.25) is 0 Å². The summed E-state index contributed by atoms with van der Waals surface area (Å²) in [6, 6.07) is 4.83. The molecule has 1 aliphatic rings. The fourth-order valence-corrected chi connectivity index (χ4v) is 2.81. The molecule has 0 spiro atoms. The Bertz CT molecular complexity index is 643. The fourth-order valence-electron chi connectivity index (χ4n) is 2.81. The molecule has 20 heavy (non-hydrogen) atoms. The first kappa shape index (κ1) is 13.2. The highest BCUT2D eigenvalue weighted by Gasteiger charge is 2.45. The molecule has 4 heteroatoms. The first-order valence-electron chi connectivity index (χ1n) is 7.18. The van der Waals surface area contributed by atoms with Gasteiger partial charge in [-0.1, -0.05) is 6.92 Å². The zero-order chi connectivity index (χ0) is 14.2. The Kier molecular flexibility index (Phi) is 3.24. The lowest BCUT2D eigenvalue weighted by molar-refractivity contribution is -0.121. The number of hydrogen-bond donors (Lipinski definition) is 2. The molecule has 0 unspecified atom stereocenters. The third-order valence-corrected chi connectivity index (χ3v) is 4.17. The van der Waals surface area contributed by atoms with Crippen LogP contribution in [0.1, 0.15) is 38.2 Å². The predicted molar refractivity (Wildman–Crippen MR) is 77.1 cm³/mol. The number of amides is 1. The van der Waals surface area contributed by atoms with E-state index in [1.165, 1.54) is 17.7 Å². The molecule has 3 rings (SSSR count). The van der Waals surface area contributed by atoms with Gasteiger partial charge in [0.25, 0.3) is 0 Å². The summed E-state index contributed by atoms with van der Waals surface area (Å²) < 4.78 is 13.2. The molecule has 0 saturated heterocycles. The third kappa shape index (κ3) is 2.30. The lowest BCUT2D eigenvalue weighted by Crippen LogP contribution is -2.31. The zero-order valence-corrected chi connectivity index (χ0v) is 11.6. The van der Waals surface area contributed by atoms with Crippen LogP contribution in [0, 0.1) is 5.82 Å². The van der Waals surface area contributed by atoms with Crippen molar-refractivity contribution in [3.8, 4) is 0 Å². The van der Waals surface area contributed by atoms with E-state index in [1.54, 1.807) is 0 Å². The summed E-state index contributed by atoms with van der Waals surface area (Å²) >= 11 is 0. The second-order valence-electron chi connectivity index (χ2n) is 5.70. The smallest absolute Gasteiger partial charge is 0.220 e. The van der Waals surface area contributed by atoms with Crippen LogP contribution in [-0.4, -0.2) is 17.4 Å². The van der Waals surface area contributed by atoms with Gasteiger partial charge in [0, 0.05) is 35.5 Å². The van der Waals surface area contributed by atoms with E-state index >= 15 is 0 Å². The molecule has 0 bridgehead atoms. The Balaban J connectivity index is 1.81. The summed E-state index contributed by atoms with van der Waals surface area (Å²) in [4.78, 5) is 14.8. The van der Waals surface area contributed by atoms with Crippen molar-refractivity contribution < 1.29 is 9.18 Å². The second-order valence-corrected chi connectivity index (χ2v) is 5.70. The first-order chi connectivity index (χ1) is 9.64. The fraction of sp³-hybridized carbons (Fsp3) is 0.438. The lowest BCUT2D eigenvalue weighted by Gasteiger charge is -2.15. The van der Waals surface area contributed by atoms with Crippen molar-refractivity contribution in [1.29, 1.82) is 0 Å². The molecule has 1 fully saturated rings. The number of halogens is 1. The maximum atomic E-state index is 13.2. The minimum atomic E-state index is -0.230. The van der Waals surface area contributed by atoms with Crippen molar-refractivity contribution in [3.63, 3.8) is 0 Å². The van der Waals surface area contributed by atoms with Gasteiger partial charge in [0.05, 0.1) is 0 Å². The van der Waals surface area contributed by atoms with E-state index < -0.39 is 0 Å². The predicted octanol–water partition coefficient (Wildman–Crippen LogP) is 3.25. The Morgan fingerprint density at radius 1 is 1.45 bits per heavy atom. The Morgan fingerprint density at radius 2 is 2.25 bits per heavy atom. The first-order valence-corrected chi connectivity index (χ1v) is 7.18. The van der Waals surface area contributed by atoms with Crippen LogP contribution in [0.15, 0.2) is 24.4 Å². The molecular formula is C16H19FN2O. The van der Waals surface area contributed by atoms with Gasteiger partial charge in [0.2, 0.25) is 5.91 Å². The van der Waals surface area contributed by atoms with Crippen LogP contribution >= 0.6 is 0 Å². The molecule has 2 N–H and O–H groups in total. The highest BCUT2D eigenvalue weighted by atomic mass is 19.1. The van der Waals surface area contributed by atoms with Gasteiger partial charge >= 0.3 is 0 Å². The van der Waals surface area contributed by atoms with Crippen LogP contribution in [0.25, 0.3) is 10.9 Å². The minimum absolute atomic E-state index is 0.0412. The average molecular weight is 274 g/mol. The van der Waals surface area contributed by atoms with E-state index in [-0.39, 0.29) is 17.1 Å². The van der Waals surface area contributed by atoms with Crippen molar-refractivity contribution in [2.24, 2.45) is 0 Å². The molecule has 1 saturated carbocycles. The van der Waals surface area contributed by atoms with Gasteiger partial charge in [-0.2, -0.15) is 0 Å². The van der Waals surface area contributed by atoms with Crippen molar-refractivity contribution in [3.05, 3.63) is 35.8 Å². The Morgan fingerprint density at radius 3 is 2.95 bits per heavy atom. The van der Waals surface area contributed by atoms with Crippen LogP contribution in [0.5, 0.6) is 0 Å². The number of aromatic amines is 1. The van der Waals surface area contributed by atoms with Gasteiger partial charge in [-0.15, -0.1) is 0 Å². The van der Waals surface area contributed by atoms with Gasteiger partial charge in [-0.05, 0) is 43.0 Å². The Hall–Kier alpha value is -1.84. The summed E-state index contributed by atoms with van der Waals surface area (Å²) in [6.07, 6.45) is 5.55. The van der Waals surface area contributed by atoms with Crippen molar-refractivity contribution in [2.75, 3.05) is 6.54 Å².